The molecule has 0 rings (SSSR count). The normalized spacial score (nSPS) is 12.6. The Kier molecular flexibility index (Phi) is 4.97. The van der Waals surface area contributed by atoms with Crippen LogP contribution in [0.1, 0.15) is 27.2 Å². The summed E-state index contributed by atoms with van der Waals surface area (Å²) in [6.45, 7) is 4.02. The molecule has 0 radical (unpaired) electrons. The monoisotopic (exact) mass is 201 g/mol. The predicted octanol–water partition coefficient (Wildman–Crippen LogP) is 1.08. The first-order valence-corrected chi connectivity index (χ1v) is 4.52. The fourth-order valence-electron chi connectivity index (χ4n) is 1.61. The Labute approximate surface area is 82.6 Å². The molecule has 0 aliphatic rings. The molecule has 0 aromatic rings. The second-order valence-electron chi connectivity index (χ2n) is 3.38. The van der Waals surface area contributed by atoms with Gasteiger partial charge in [0.25, 0.3) is 0 Å². The molecule has 1 atom stereocenters. The van der Waals surface area contributed by atoms with Crippen molar-refractivity contribution >= 4 is 11.6 Å². The quantitative estimate of drug-likeness (QED) is 0.366. The number of rotatable bonds is 6. The van der Waals surface area contributed by atoms with Crippen LogP contribution < -0.4 is 0 Å². The topological polar surface area (TPSA) is 77.3 Å². The van der Waals surface area contributed by atoms with Gasteiger partial charge in [0.2, 0.25) is 6.54 Å². The van der Waals surface area contributed by atoms with Crippen LogP contribution in [0, 0.1) is 22.0 Å². The van der Waals surface area contributed by atoms with E-state index in [4.69, 9.17) is 0 Å². The minimum atomic E-state index is -0.814. The zero-order valence-corrected chi connectivity index (χ0v) is 8.65. The maximum absolute atomic E-state index is 11.1. The minimum absolute atomic E-state index is 0.286. The Morgan fingerprint density at radius 2 is 1.71 bits per heavy atom. The van der Waals surface area contributed by atoms with Gasteiger partial charge >= 0.3 is 0 Å². The van der Waals surface area contributed by atoms with Crippen LogP contribution in [0.5, 0.6) is 0 Å². The van der Waals surface area contributed by atoms with E-state index in [1.54, 1.807) is 6.92 Å². The second kappa shape index (κ2) is 5.47. The SMILES string of the molecule is CCC(C[N+](=O)[O-])C(C(C)=O)C(C)=O. The molecule has 5 heteroatoms. The largest absolute Gasteiger partial charge is 0.299 e. The third kappa shape index (κ3) is 3.64. The second-order valence-corrected chi connectivity index (χ2v) is 3.38. The van der Waals surface area contributed by atoms with Crippen molar-refractivity contribution in [1.29, 1.82) is 0 Å². The average molecular weight is 201 g/mol. The summed E-state index contributed by atoms with van der Waals surface area (Å²) in [4.78, 5) is 32.1. The van der Waals surface area contributed by atoms with Crippen molar-refractivity contribution < 1.29 is 14.5 Å². The summed E-state index contributed by atoms with van der Waals surface area (Å²) in [7, 11) is 0. The Morgan fingerprint density at radius 3 is 1.93 bits per heavy atom. The van der Waals surface area contributed by atoms with E-state index in [0.717, 1.165) is 0 Å². The number of hydrogen-bond donors (Lipinski definition) is 0. The smallest absolute Gasteiger partial charge is 0.207 e. The Hall–Kier alpha value is -1.26. The molecule has 0 N–H and O–H groups in total. The van der Waals surface area contributed by atoms with Gasteiger partial charge in [-0.15, -0.1) is 0 Å². The van der Waals surface area contributed by atoms with Gasteiger partial charge in [0.15, 0.2) is 0 Å². The lowest BCUT2D eigenvalue weighted by Gasteiger charge is -2.17. The van der Waals surface area contributed by atoms with Gasteiger partial charge in [0.1, 0.15) is 11.6 Å². The molecule has 0 aromatic carbocycles. The van der Waals surface area contributed by atoms with E-state index < -0.39 is 16.8 Å². The number of hydrogen-bond acceptors (Lipinski definition) is 4. The van der Waals surface area contributed by atoms with Gasteiger partial charge in [-0.2, -0.15) is 0 Å². The number of Topliss-reactive ketones (excluding diaryl/α,β-unsaturated/α-hetero) is 2. The lowest BCUT2D eigenvalue weighted by atomic mass is 9.84. The molecule has 0 saturated carbocycles. The van der Waals surface area contributed by atoms with Crippen molar-refractivity contribution in [1.82, 2.24) is 0 Å². The van der Waals surface area contributed by atoms with Crippen molar-refractivity contribution in [3.63, 3.8) is 0 Å². The molecule has 80 valence electrons. The summed E-state index contributed by atoms with van der Waals surface area (Å²) in [6, 6.07) is 0. The van der Waals surface area contributed by atoms with Crippen LogP contribution in [0.25, 0.3) is 0 Å². The van der Waals surface area contributed by atoms with E-state index >= 15 is 0 Å². The Bertz CT molecular complexity index is 235. The van der Waals surface area contributed by atoms with Crippen molar-refractivity contribution in [2.24, 2.45) is 11.8 Å². The van der Waals surface area contributed by atoms with Gasteiger partial charge in [0.05, 0.1) is 5.92 Å². The molecular weight excluding hydrogens is 186 g/mol. The third-order valence-electron chi connectivity index (χ3n) is 2.26. The Morgan fingerprint density at radius 1 is 1.29 bits per heavy atom. The molecule has 1 unspecified atom stereocenters. The molecule has 14 heavy (non-hydrogen) atoms. The summed E-state index contributed by atoms with van der Waals surface area (Å²) in [5.74, 6) is -1.86. The third-order valence-corrected chi connectivity index (χ3v) is 2.26. The highest BCUT2D eigenvalue weighted by Crippen LogP contribution is 2.18. The number of nitrogens with zero attached hydrogens (tertiary/aromatic N) is 1. The average Bonchev–Trinajstić information content (AvgIpc) is 2.00. The molecular formula is C9H15NO4. The fraction of sp³-hybridized carbons (Fsp3) is 0.778. The first-order valence-electron chi connectivity index (χ1n) is 4.52. The number of nitro groups is 1. The van der Waals surface area contributed by atoms with Crippen molar-refractivity contribution in [3.05, 3.63) is 10.1 Å². The van der Waals surface area contributed by atoms with E-state index in [2.05, 4.69) is 0 Å². The zero-order valence-electron chi connectivity index (χ0n) is 8.65. The number of carbonyl (C=O) groups is 2. The van der Waals surface area contributed by atoms with Gasteiger partial charge in [0, 0.05) is 10.8 Å². The van der Waals surface area contributed by atoms with E-state index in [-0.39, 0.29) is 18.1 Å². The molecule has 0 aliphatic carbocycles. The first kappa shape index (κ1) is 12.7. The first-order chi connectivity index (χ1) is 6.40. The summed E-state index contributed by atoms with van der Waals surface area (Å²) < 4.78 is 0. The summed E-state index contributed by atoms with van der Waals surface area (Å²) in [6.07, 6.45) is 0.463. The lowest BCUT2D eigenvalue weighted by Crippen LogP contribution is -2.32. The molecule has 0 fully saturated rings. The van der Waals surface area contributed by atoms with Gasteiger partial charge in [-0.3, -0.25) is 19.7 Å². The highest BCUT2D eigenvalue weighted by atomic mass is 16.6. The number of carbonyl (C=O) groups excluding carboxylic acids is 2. The highest BCUT2D eigenvalue weighted by Gasteiger charge is 2.31. The molecule has 0 bridgehead atoms. The van der Waals surface area contributed by atoms with Crippen LogP contribution >= 0.6 is 0 Å². The predicted molar refractivity (Wildman–Crippen MR) is 50.5 cm³/mol. The Balaban J connectivity index is 4.67. The molecule has 0 spiro atoms. The standard InChI is InChI=1S/C9H15NO4/c1-4-8(5-10(13)14)9(6(2)11)7(3)12/h8-9H,4-5H2,1-3H3. The summed E-state index contributed by atoms with van der Waals surface area (Å²) >= 11 is 0. The van der Waals surface area contributed by atoms with Crippen LogP contribution in [0.4, 0.5) is 0 Å². The highest BCUT2D eigenvalue weighted by molar-refractivity contribution is 6.00. The van der Waals surface area contributed by atoms with Crippen LogP contribution in [0.3, 0.4) is 0 Å². The molecule has 0 aromatic heterocycles. The van der Waals surface area contributed by atoms with E-state index in [1.165, 1.54) is 13.8 Å². The van der Waals surface area contributed by atoms with Crippen molar-refractivity contribution in [2.45, 2.75) is 27.2 Å². The van der Waals surface area contributed by atoms with Crippen LogP contribution in [0.15, 0.2) is 0 Å². The number of ketones is 2. The fourth-order valence-corrected chi connectivity index (χ4v) is 1.61. The minimum Gasteiger partial charge on any atom is -0.299 e. The van der Waals surface area contributed by atoms with Crippen LogP contribution in [0.2, 0.25) is 0 Å². The van der Waals surface area contributed by atoms with E-state index in [1.807, 2.05) is 0 Å². The van der Waals surface area contributed by atoms with E-state index in [9.17, 15) is 19.7 Å². The maximum Gasteiger partial charge on any atom is 0.207 e. The van der Waals surface area contributed by atoms with Crippen LogP contribution in [-0.2, 0) is 9.59 Å². The summed E-state index contributed by atoms with van der Waals surface area (Å²) in [5, 5.41) is 10.3. The summed E-state index contributed by atoms with van der Waals surface area (Å²) in [5.41, 5.74) is 0. The van der Waals surface area contributed by atoms with Gasteiger partial charge in [-0.05, 0) is 20.3 Å². The molecule has 0 aliphatic heterocycles. The van der Waals surface area contributed by atoms with Crippen molar-refractivity contribution in [3.8, 4) is 0 Å². The van der Waals surface area contributed by atoms with Gasteiger partial charge in [-0.1, -0.05) is 6.92 Å². The van der Waals surface area contributed by atoms with Gasteiger partial charge < -0.3 is 0 Å². The zero-order chi connectivity index (χ0) is 11.3. The van der Waals surface area contributed by atoms with Gasteiger partial charge in [-0.25, -0.2) is 0 Å². The van der Waals surface area contributed by atoms with E-state index in [0.29, 0.717) is 6.42 Å². The van der Waals surface area contributed by atoms with Crippen molar-refractivity contribution in [2.75, 3.05) is 6.54 Å². The maximum atomic E-state index is 11.1. The molecule has 5 nitrogen and oxygen atoms in total. The lowest BCUT2D eigenvalue weighted by molar-refractivity contribution is -0.489. The van der Waals surface area contributed by atoms with Crippen LogP contribution in [-0.4, -0.2) is 23.0 Å². The molecule has 0 saturated heterocycles. The molecule has 0 amide bonds. The molecule has 0 heterocycles.